The molecule has 0 aromatic carbocycles. The van der Waals surface area contributed by atoms with E-state index in [0.29, 0.717) is 0 Å². The molecule has 0 aromatic rings. The van der Waals surface area contributed by atoms with Gasteiger partial charge in [-0.15, -0.1) is 0 Å². The van der Waals surface area contributed by atoms with Gasteiger partial charge in [0.2, 0.25) is 0 Å². The molecule has 24 heavy (non-hydrogen) atoms. The Hall–Kier alpha value is 0.844. The summed E-state index contributed by atoms with van der Waals surface area (Å²) in [5.74, 6) is 0. The van der Waals surface area contributed by atoms with Gasteiger partial charge in [0.1, 0.15) is 0 Å². The van der Waals surface area contributed by atoms with Crippen molar-refractivity contribution in [3.8, 4) is 0 Å². The van der Waals surface area contributed by atoms with Crippen molar-refractivity contribution in [2.24, 2.45) is 0 Å². The molecule has 0 spiro atoms. The fraction of sp³-hybridized carbons (Fsp3) is 0.579. The topological polar surface area (TPSA) is 0 Å². The zero-order valence-corrected chi connectivity index (χ0v) is 23.5. The second-order valence-corrected chi connectivity index (χ2v) is 29.9. The molecule has 0 nitrogen and oxygen atoms in total. The maximum Gasteiger partial charge on any atom is -1.00 e. The predicted molar refractivity (Wildman–Crippen MR) is 106 cm³/mol. The minimum absolute atomic E-state index is 0. The van der Waals surface area contributed by atoms with Crippen LogP contribution in [0.1, 0.15) is 0 Å². The van der Waals surface area contributed by atoms with E-state index in [0.717, 1.165) is 3.67 Å². The summed E-state index contributed by atoms with van der Waals surface area (Å²) in [7, 11) is -2.04. The molecule has 0 radical (unpaired) electrons. The van der Waals surface area contributed by atoms with Gasteiger partial charge in [-0.1, -0.05) is 0 Å². The molecule has 0 unspecified atom stereocenters. The third kappa shape index (κ3) is 12.2. The van der Waals surface area contributed by atoms with Crippen molar-refractivity contribution in [1.29, 1.82) is 0 Å². The van der Waals surface area contributed by atoms with Gasteiger partial charge in [-0.3, -0.25) is 0 Å². The fourth-order valence-electron chi connectivity index (χ4n) is 3.27. The van der Waals surface area contributed by atoms with Crippen LogP contribution in [0.4, 0.5) is 0 Å². The Morgan fingerprint density at radius 1 is 0.792 bits per heavy atom. The van der Waals surface area contributed by atoms with Gasteiger partial charge in [-0.05, 0) is 0 Å². The van der Waals surface area contributed by atoms with E-state index in [1.807, 2.05) is 0 Å². The van der Waals surface area contributed by atoms with Crippen LogP contribution in [0.5, 0.6) is 0 Å². The third-order valence-electron chi connectivity index (χ3n) is 3.73. The first-order chi connectivity index (χ1) is 9.96. The van der Waals surface area contributed by atoms with Crippen molar-refractivity contribution in [3.05, 3.63) is 48.6 Å². The van der Waals surface area contributed by atoms with Gasteiger partial charge >= 0.3 is 150 Å². The van der Waals surface area contributed by atoms with Crippen LogP contribution in [0.3, 0.4) is 0 Å². The molecule has 0 atom stereocenters. The van der Waals surface area contributed by atoms with Gasteiger partial charge in [0.05, 0.1) is 0 Å². The normalized spacial score (nSPS) is 14.1. The van der Waals surface area contributed by atoms with Gasteiger partial charge in [0.25, 0.3) is 0 Å². The van der Waals surface area contributed by atoms with E-state index in [1.54, 1.807) is 11.1 Å². The van der Waals surface area contributed by atoms with Crippen molar-refractivity contribution in [3.63, 3.8) is 0 Å². The Kier molecular flexibility index (Phi) is 13.0. The Morgan fingerprint density at radius 2 is 1.12 bits per heavy atom. The van der Waals surface area contributed by atoms with Crippen molar-refractivity contribution < 1.29 is 46.3 Å². The van der Waals surface area contributed by atoms with Crippen LogP contribution >= 0.6 is 0 Å². The molecule has 0 amide bonds. The smallest absolute Gasteiger partial charge is 1.00 e. The molecule has 1 aliphatic rings. The summed E-state index contributed by atoms with van der Waals surface area (Å²) in [6.45, 7) is 23.7. The average molecular weight is 569 g/mol. The molecule has 0 N–H and O–H groups in total. The second kappa shape index (κ2) is 11.5. The van der Waals surface area contributed by atoms with Crippen LogP contribution in [-0.4, -0.2) is 16.1 Å². The number of allylic oxidation sites excluding steroid dienone is 6. The first-order valence-corrected chi connectivity index (χ1v) is 23.1. The zero-order valence-electron chi connectivity index (χ0n) is 16.4. The van der Waals surface area contributed by atoms with Crippen molar-refractivity contribution >= 4 is 16.1 Å². The number of hydrogen-bond donors (Lipinski definition) is 0. The summed E-state index contributed by atoms with van der Waals surface area (Å²) in [6, 6.07) is 2.61. The van der Waals surface area contributed by atoms with E-state index in [-0.39, 0.29) is 24.8 Å². The Balaban J connectivity index is 0. The molecule has 0 bridgehead atoms. The molecule has 0 saturated carbocycles. The Morgan fingerprint density at radius 3 is 1.42 bits per heavy atom. The minimum atomic E-state index is -1.74. The summed E-state index contributed by atoms with van der Waals surface area (Å²) in [5.41, 5.74) is 3.10. The minimum Gasteiger partial charge on any atom is -1.00 e. The molecule has 0 aliphatic heterocycles. The standard InChI is InChI=1S/2C7H15Si.C5H5.2ClH.Hf/c2*1-7(2)6-8(3,4)5;1-2-4-5-3-1;;;/h2*1-2,6H2,3-5H3;1-5H;2*1H;/q;;;;;+2/p-2. The summed E-state index contributed by atoms with van der Waals surface area (Å²) in [6.07, 6.45) is 9.40. The van der Waals surface area contributed by atoms with Gasteiger partial charge < -0.3 is 24.8 Å². The van der Waals surface area contributed by atoms with Gasteiger partial charge in [-0.2, -0.15) is 0 Å². The van der Waals surface area contributed by atoms with E-state index in [1.165, 1.54) is 20.4 Å². The first kappa shape index (κ1) is 27.1. The van der Waals surface area contributed by atoms with Crippen LogP contribution in [0.25, 0.3) is 0 Å². The Labute approximate surface area is 173 Å². The number of hydrogen-bond acceptors (Lipinski definition) is 0. The average Bonchev–Trinajstić information content (AvgIpc) is 2.75. The summed E-state index contributed by atoms with van der Waals surface area (Å²) in [4.78, 5) is 0. The molecule has 0 saturated heterocycles. The summed E-state index contributed by atoms with van der Waals surface area (Å²) >= 11 is -1.74. The summed E-state index contributed by atoms with van der Waals surface area (Å²) in [5, 5.41) is 0. The van der Waals surface area contributed by atoms with Crippen molar-refractivity contribution in [2.45, 2.75) is 63.4 Å². The van der Waals surface area contributed by atoms with Gasteiger partial charge in [0.15, 0.2) is 0 Å². The zero-order chi connectivity index (χ0) is 17.0. The predicted octanol–water partition coefficient (Wildman–Crippen LogP) is 1.15. The van der Waals surface area contributed by atoms with Crippen LogP contribution in [-0.2, 0) is 21.4 Å². The van der Waals surface area contributed by atoms with E-state index >= 15 is 0 Å². The molecule has 0 heterocycles. The molecule has 0 aromatic heterocycles. The van der Waals surface area contributed by atoms with Gasteiger partial charge in [-0.25, -0.2) is 0 Å². The fourth-order valence-corrected chi connectivity index (χ4v) is 18.7. The maximum absolute atomic E-state index is 4.45. The molecule has 5 heteroatoms. The van der Waals surface area contributed by atoms with Crippen molar-refractivity contribution in [2.75, 3.05) is 0 Å². The second-order valence-electron chi connectivity index (χ2n) is 9.28. The van der Waals surface area contributed by atoms with Crippen molar-refractivity contribution in [1.82, 2.24) is 0 Å². The molecular formula is C19H35Cl2HfSi2. The number of rotatable bonds is 9. The van der Waals surface area contributed by atoms with E-state index in [4.69, 9.17) is 0 Å². The molecule has 0 fully saturated rings. The van der Waals surface area contributed by atoms with Crippen LogP contribution in [0, 0.1) is 0 Å². The quantitative estimate of drug-likeness (QED) is 0.289. The third-order valence-corrected chi connectivity index (χ3v) is 18.5. The van der Waals surface area contributed by atoms with E-state index < -0.39 is 37.6 Å². The molecule has 1 aliphatic carbocycles. The van der Waals surface area contributed by atoms with Crippen LogP contribution in [0.2, 0.25) is 63.4 Å². The number of halogens is 2. The van der Waals surface area contributed by atoms with Crippen LogP contribution < -0.4 is 24.8 Å². The van der Waals surface area contributed by atoms with Gasteiger partial charge in [0, 0.05) is 0 Å². The molecular weight excluding hydrogens is 534 g/mol. The maximum atomic E-state index is 4.45. The van der Waals surface area contributed by atoms with E-state index in [2.05, 4.69) is 76.7 Å². The SMILES string of the molecule is C=C([CH2][Hf+2]([CH2]C(=C)C[Si](C)(C)C)[CH]1C=CC=C1)C[Si](C)(C)C.[Cl-].[Cl-]. The van der Waals surface area contributed by atoms with Crippen LogP contribution in [0.15, 0.2) is 48.6 Å². The largest absolute Gasteiger partial charge is 1.00 e. The Bertz CT molecular complexity index is 429. The monoisotopic (exact) mass is 569 g/mol. The molecule has 1 rings (SSSR count). The van der Waals surface area contributed by atoms with E-state index in [9.17, 15) is 0 Å². The summed E-state index contributed by atoms with van der Waals surface area (Å²) < 4.78 is 3.54. The first-order valence-electron chi connectivity index (χ1n) is 8.49. The molecule has 137 valence electrons.